The number of carbonyl (C=O) groups excluding carboxylic acids is 2. The quantitative estimate of drug-likeness (QED) is 0.520. The summed E-state index contributed by atoms with van der Waals surface area (Å²) in [5, 5.41) is 2.47. The SMILES string of the molecule is CC(C)(C)COC(C)(C)CCOC(=O)NCCOC=O. The standard InChI is InChI=1S/C14H27NO5/c1-13(2,3)10-20-14(4,5)6-8-19-12(17)15-7-9-18-11-16/h11H,6-10H2,1-5H3,(H,15,17). The van der Waals surface area contributed by atoms with E-state index < -0.39 is 6.09 Å². The Labute approximate surface area is 121 Å². The molecule has 0 saturated heterocycles. The van der Waals surface area contributed by atoms with Crippen molar-refractivity contribution in [1.29, 1.82) is 0 Å². The van der Waals surface area contributed by atoms with E-state index in [1.54, 1.807) is 0 Å². The first-order valence-corrected chi connectivity index (χ1v) is 6.76. The molecule has 0 bridgehead atoms. The third-order valence-electron chi connectivity index (χ3n) is 2.39. The van der Waals surface area contributed by atoms with Gasteiger partial charge in [0.05, 0.1) is 25.4 Å². The molecule has 0 aromatic carbocycles. The first kappa shape index (κ1) is 18.7. The normalized spacial score (nSPS) is 11.8. The number of ether oxygens (including phenoxy) is 3. The number of alkyl carbamates (subject to hydrolysis) is 1. The Morgan fingerprint density at radius 3 is 2.35 bits per heavy atom. The molecule has 0 aliphatic rings. The van der Waals surface area contributed by atoms with Gasteiger partial charge in [-0.3, -0.25) is 4.79 Å². The highest BCUT2D eigenvalue weighted by atomic mass is 16.6. The third kappa shape index (κ3) is 11.8. The lowest BCUT2D eigenvalue weighted by molar-refractivity contribution is -0.128. The van der Waals surface area contributed by atoms with E-state index in [9.17, 15) is 9.59 Å². The van der Waals surface area contributed by atoms with E-state index in [1.165, 1.54) is 0 Å². The Balaban J connectivity index is 3.75. The van der Waals surface area contributed by atoms with Crippen molar-refractivity contribution in [3.63, 3.8) is 0 Å². The highest BCUT2D eigenvalue weighted by Gasteiger charge is 2.22. The molecule has 0 aromatic rings. The second-order valence-electron chi connectivity index (χ2n) is 6.39. The second kappa shape index (κ2) is 8.79. The van der Waals surface area contributed by atoms with E-state index in [4.69, 9.17) is 9.47 Å². The van der Waals surface area contributed by atoms with Gasteiger partial charge in [0.25, 0.3) is 6.47 Å². The first-order valence-electron chi connectivity index (χ1n) is 6.76. The van der Waals surface area contributed by atoms with Gasteiger partial charge in [-0.25, -0.2) is 4.79 Å². The summed E-state index contributed by atoms with van der Waals surface area (Å²) in [7, 11) is 0. The summed E-state index contributed by atoms with van der Waals surface area (Å²) in [6.45, 7) is 11.9. The van der Waals surface area contributed by atoms with Gasteiger partial charge in [-0.1, -0.05) is 20.8 Å². The lowest BCUT2D eigenvalue weighted by Gasteiger charge is -2.29. The topological polar surface area (TPSA) is 73.9 Å². The Morgan fingerprint density at radius 2 is 1.80 bits per heavy atom. The van der Waals surface area contributed by atoms with Gasteiger partial charge in [0.1, 0.15) is 6.61 Å². The highest BCUT2D eigenvalue weighted by molar-refractivity contribution is 5.67. The van der Waals surface area contributed by atoms with Crippen molar-refractivity contribution in [2.75, 3.05) is 26.4 Å². The number of hydrogen-bond donors (Lipinski definition) is 1. The molecule has 0 rings (SSSR count). The van der Waals surface area contributed by atoms with Crippen LogP contribution in [0.4, 0.5) is 4.79 Å². The maximum atomic E-state index is 11.3. The van der Waals surface area contributed by atoms with E-state index in [1.807, 2.05) is 13.8 Å². The molecular weight excluding hydrogens is 262 g/mol. The first-order chi connectivity index (χ1) is 9.16. The minimum atomic E-state index is -0.522. The number of hydrogen-bond acceptors (Lipinski definition) is 5. The molecule has 0 saturated carbocycles. The predicted molar refractivity (Wildman–Crippen MR) is 75.5 cm³/mol. The molecule has 0 fully saturated rings. The van der Waals surface area contributed by atoms with Crippen LogP contribution in [-0.4, -0.2) is 44.5 Å². The van der Waals surface area contributed by atoms with Gasteiger partial charge < -0.3 is 19.5 Å². The van der Waals surface area contributed by atoms with Gasteiger partial charge in [0.15, 0.2) is 0 Å². The smallest absolute Gasteiger partial charge is 0.407 e. The van der Waals surface area contributed by atoms with Crippen LogP contribution in [-0.2, 0) is 19.0 Å². The molecule has 1 N–H and O–H groups in total. The fourth-order valence-corrected chi connectivity index (χ4v) is 1.18. The maximum Gasteiger partial charge on any atom is 0.407 e. The molecule has 0 radical (unpaired) electrons. The van der Waals surface area contributed by atoms with Gasteiger partial charge >= 0.3 is 6.09 Å². The van der Waals surface area contributed by atoms with Crippen LogP contribution in [0.5, 0.6) is 0 Å². The second-order valence-corrected chi connectivity index (χ2v) is 6.39. The molecule has 0 aliphatic heterocycles. The van der Waals surface area contributed by atoms with Crippen molar-refractivity contribution in [3.8, 4) is 0 Å². The monoisotopic (exact) mass is 289 g/mol. The zero-order chi connectivity index (χ0) is 15.6. The molecule has 1 amide bonds. The lowest BCUT2D eigenvalue weighted by atomic mass is 9.97. The van der Waals surface area contributed by atoms with E-state index in [-0.39, 0.29) is 30.8 Å². The summed E-state index contributed by atoms with van der Waals surface area (Å²) in [4.78, 5) is 21.2. The minimum absolute atomic E-state index is 0.105. The van der Waals surface area contributed by atoms with Gasteiger partial charge in [0.2, 0.25) is 0 Å². The van der Waals surface area contributed by atoms with Gasteiger partial charge in [-0.2, -0.15) is 0 Å². The van der Waals surface area contributed by atoms with Crippen LogP contribution in [0.1, 0.15) is 41.0 Å². The van der Waals surface area contributed by atoms with Crippen molar-refractivity contribution in [3.05, 3.63) is 0 Å². The van der Waals surface area contributed by atoms with Gasteiger partial charge in [0, 0.05) is 6.42 Å². The molecule has 0 unspecified atom stereocenters. The molecule has 6 heteroatoms. The fourth-order valence-electron chi connectivity index (χ4n) is 1.18. The van der Waals surface area contributed by atoms with Gasteiger partial charge in [-0.15, -0.1) is 0 Å². The Kier molecular flexibility index (Phi) is 8.22. The largest absolute Gasteiger partial charge is 0.466 e. The number of nitrogens with one attached hydrogen (secondary N) is 1. The Hall–Kier alpha value is -1.30. The minimum Gasteiger partial charge on any atom is -0.466 e. The summed E-state index contributed by atoms with van der Waals surface area (Å²) in [5.41, 5.74) is -0.234. The lowest BCUT2D eigenvalue weighted by Crippen LogP contribution is -2.33. The zero-order valence-electron chi connectivity index (χ0n) is 13.2. The van der Waals surface area contributed by atoms with Crippen molar-refractivity contribution >= 4 is 12.6 Å². The fraction of sp³-hybridized carbons (Fsp3) is 0.857. The van der Waals surface area contributed by atoms with Crippen molar-refractivity contribution < 1.29 is 23.8 Å². The number of amides is 1. The van der Waals surface area contributed by atoms with Crippen LogP contribution in [0.15, 0.2) is 0 Å². The summed E-state index contributed by atoms with van der Waals surface area (Å²) in [6.07, 6.45) is 0.0903. The van der Waals surface area contributed by atoms with Crippen molar-refractivity contribution in [2.45, 2.75) is 46.6 Å². The molecule has 0 atom stereocenters. The van der Waals surface area contributed by atoms with E-state index in [0.29, 0.717) is 19.5 Å². The molecule has 0 spiro atoms. The van der Waals surface area contributed by atoms with E-state index >= 15 is 0 Å². The molecule has 6 nitrogen and oxygen atoms in total. The van der Waals surface area contributed by atoms with Crippen LogP contribution in [0.3, 0.4) is 0 Å². The summed E-state index contributed by atoms with van der Waals surface area (Å²) in [5.74, 6) is 0. The van der Waals surface area contributed by atoms with Crippen LogP contribution in [0, 0.1) is 5.41 Å². The Bertz CT molecular complexity index is 296. The summed E-state index contributed by atoms with van der Waals surface area (Å²) < 4.78 is 15.3. The molecule has 0 aliphatic carbocycles. The van der Waals surface area contributed by atoms with E-state index in [0.717, 1.165) is 0 Å². The average molecular weight is 289 g/mol. The third-order valence-corrected chi connectivity index (χ3v) is 2.39. The van der Waals surface area contributed by atoms with Crippen molar-refractivity contribution in [1.82, 2.24) is 5.32 Å². The zero-order valence-corrected chi connectivity index (χ0v) is 13.2. The predicted octanol–water partition coefficient (Wildman–Crippen LogP) is 2.12. The van der Waals surface area contributed by atoms with E-state index in [2.05, 4.69) is 30.8 Å². The number of carbonyl (C=O) groups is 2. The molecular formula is C14H27NO5. The molecule has 20 heavy (non-hydrogen) atoms. The van der Waals surface area contributed by atoms with Crippen LogP contribution in [0.2, 0.25) is 0 Å². The maximum absolute atomic E-state index is 11.3. The van der Waals surface area contributed by atoms with Crippen LogP contribution < -0.4 is 5.32 Å². The molecule has 0 heterocycles. The summed E-state index contributed by atoms with van der Waals surface area (Å²) >= 11 is 0. The van der Waals surface area contributed by atoms with Gasteiger partial charge in [-0.05, 0) is 19.3 Å². The molecule has 0 aromatic heterocycles. The van der Waals surface area contributed by atoms with Crippen molar-refractivity contribution in [2.24, 2.45) is 5.41 Å². The highest BCUT2D eigenvalue weighted by Crippen LogP contribution is 2.21. The molecule has 118 valence electrons. The average Bonchev–Trinajstić information content (AvgIpc) is 2.31. The number of rotatable bonds is 9. The van der Waals surface area contributed by atoms with Crippen LogP contribution >= 0.6 is 0 Å². The van der Waals surface area contributed by atoms with Crippen LogP contribution in [0.25, 0.3) is 0 Å². The summed E-state index contributed by atoms with van der Waals surface area (Å²) in [6, 6.07) is 0. The Morgan fingerprint density at radius 1 is 1.15 bits per heavy atom.